The molecule has 6 nitrogen and oxygen atoms in total. The fraction of sp³-hybridized carbons (Fsp3) is 0.364. The largest absolute Gasteiger partial charge is 0.432 e. The molecule has 0 aliphatic heterocycles. The summed E-state index contributed by atoms with van der Waals surface area (Å²) >= 11 is 1.08. The summed E-state index contributed by atoms with van der Waals surface area (Å²) in [5.41, 5.74) is 5.80. The Hall–Kier alpha value is -1.97. The Morgan fingerprint density at radius 1 is 1.38 bits per heavy atom. The minimum absolute atomic E-state index is 0.101. The van der Waals surface area contributed by atoms with Crippen molar-refractivity contribution in [1.82, 2.24) is 20.2 Å². The molecule has 2 N–H and O–H groups in total. The summed E-state index contributed by atoms with van der Waals surface area (Å²) in [4.78, 5) is 0.351. The van der Waals surface area contributed by atoms with Crippen molar-refractivity contribution in [2.45, 2.75) is 35.5 Å². The molecule has 0 bridgehead atoms. The van der Waals surface area contributed by atoms with E-state index in [-0.39, 0.29) is 11.7 Å². The first-order valence-corrected chi connectivity index (χ1v) is 6.86. The highest BCUT2D eigenvalue weighted by Crippen LogP contribution is 2.40. The van der Waals surface area contributed by atoms with Gasteiger partial charge in [-0.1, -0.05) is 0 Å². The third-order valence-corrected chi connectivity index (χ3v) is 3.86. The molecule has 1 aliphatic carbocycles. The second kappa shape index (κ2) is 5.43. The molecule has 1 heterocycles. The van der Waals surface area contributed by atoms with Gasteiger partial charge in [-0.25, -0.2) is 9.07 Å². The maximum atomic E-state index is 13.5. The van der Waals surface area contributed by atoms with Crippen molar-refractivity contribution in [1.29, 1.82) is 0 Å². The Labute approximate surface area is 121 Å². The summed E-state index contributed by atoms with van der Waals surface area (Å²) in [6, 6.07) is 2.31. The third-order valence-electron chi connectivity index (χ3n) is 2.84. The van der Waals surface area contributed by atoms with Gasteiger partial charge in [0, 0.05) is 16.6 Å². The van der Waals surface area contributed by atoms with Gasteiger partial charge >= 0.3 is 6.61 Å². The molecule has 1 aromatic carbocycles. The zero-order valence-electron chi connectivity index (χ0n) is 10.5. The molecule has 1 aromatic heterocycles. The van der Waals surface area contributed by atoms with Crippen LogP contribution >= 0.6 is 11.8 Å². The number of nitrogens with two attached hydrogens (primary N) is 1. The first kappa shape index (κ1) is 14.0. The summed E-state index contributed by atoms with van der Waals surface area (Å²) < 4.78 is 43.7. The van der Waals surface area contributed by atoms with Gasteiger partial charge < -0.3 is 10.5 Å². The van der Waals surface area contributed by atoms with Crippen LogP contribution in [-0.4, -0.2) is 26.8 Å². The second-order valence-corrected chi connectivity index (χ2v) is 5.45. The molecular weight excluding hydrogens is 307 g/mol. The highest BCUT2D eigenvalue weighted by molar-refractivity contribution is 7.99. The minimum atomic E-state index is -3.11. The highest BCUT2D eigenvalue weighted by atomic mass is 32.2. The Bertz CT molecular complexity index is 661. The number of alkyl halides is 2. The van der Waals surface area contributed by atoms with E-state index >= 15 is 0 Å². The first-order chi connectivity index (χ1) is 10.0. The molecule has 0 spiro atoms. The number of halogens is 3. The van der Waals surface area contributed by atoms with Gasteiger partial charge in [-0.2, -0.15) is 8.78 Å². The van der Waals surface area contributed by atoms with Crippen LogP contribution in [0, 0.1) is 5.82 Å². The van der Waals surface area contributed by atoms with Crippen molar-refractivity contribution >= 4 is 17.4 Å². The van der Waals surface area contributed by atoms with Crippen molar-refractivity contribution in [3.05, 3.63) is 17.9 Å². The van der Waals surface area contributed by atoms with Gasteiger partial charge in [0.1, 0.15) is 0 Å². The standard InChI is InChI=1S/C11H10F3N5OS/c12-6-3-7(15)9(4-8(6)20-10(13)14)21-11-16-17-18-19(11)5-1-2-5/h3-5,10H,1-2,15H2. The van der Waals surface area contributed by atoms with E-state index in [2.05, 4.69) is 20.3 Å². The van der Waals surface area contributed by atoms with Crippen LogP contribution in [0.2, 0.25) is 0 Å². The predicted molar refractivity (Wildman–Crippen MR) is 67.7 cm³/mol. The molecule has 0 saturated heterocycles. The molecule has 0 unspecified atom stereocenters. The molecule has 0 atom stereocenters. The van der Waals surface area contributed by atoms with Crippen LogP contribution in [0.5, 0.6) is 5.75 Å². The quantitative estimate of drug-likeness (QED) is 0.854. The lowest BCUT2D eigenvalue weighted by atomic mass is 10.3. The first-order valence-electron chi connectivity index (χ1n) is 6.04. The minimum Gasteiger partial charge on any atom is -0.432 e. The number of nitrogens with zero attached hydrogens (tertiary/aromatic N) is 4. The maximum absolute atomic E-state index is 13.5. The van der Waals surface area contributed by atoms with E-state index in [1.807, 2.05) is 0 Å². The normalized spacial score (nSPS) is 14.7. The van der Waals surface area contributed by atoms with E-state index in [9.17, 15) is 13.2 Å². The molecular formula is C11H10F3N5OS. The van der Waals surface area contributed by atoms with Gasteiger partial charge in [-0.15, -0.1) is 5.10 Å². The molecule has 0 amide bonds. The summed E-state index contributed by atoms with van der Waals surface area (Å²) in [6.45, 7) is -3.11. The van der Waals surface area contributed by atoms with Crippen molar-refractivity contribution in [2.75, 3.05) is 5.73 Å². The number of rotatable bonds is 5. The lowest BCUT2D eigenvalue weighted by molar-refractivity contribution is -0.0523. The lowest BCUT2D eigenvalue weighted by Gasteiger charge is -2.10. The molecule has 1 fully saturated rings. The van der Waals surface area contributed by atoms with Gasteiger partial charge in [0.15, 0.2) is 11.6 Å². The molecule has 2 aromatic rings. The Morgan fingerprint density at radius 3 is 2.81 bits per heavy atom. The number of aromatic nitrogens is 4. The van der Waals surface area contributed by atoms with Crippen molar-refractivity contribution < 1.29 is 17.9 Å². The van der Waals surface area contributed by atoms with E-state index in [1.165, 1.54) is 0 Å². The average Bonchev–Trinajstić information content (AvgIpc) is 3.15. The second-order valence-electron chi connectivity index (χ2n) is 4.44. The van der Waals surface area contributed by atoms with Crippen LogP contribution in [0.3, 0.4) is 0 Å². The third kappa shape index (κ3) is 3.04. The topological polar surface area (TPSA) is 78.8 Å². The van der Waals surface area contributed by atoms with Crippen LogP contribution in [0.1, 0.15) is 18.9 Å². The molecule has 1 saturated carbocycles. The number of ether oxygens (including phenoxy) is 1. The summed E-state index contributed by atoms with van der Waals surface area (Å²) in [5, 5.41) is 11.8. The summed E-state index contributed by atoms with van der Waals surface area (Å²) in [6.07, 6.45) is 1.97. The van der Waals surface area contributed by atoms with Crippen molar-refractivity contribution in [2.24, 2.45) is 0 Å². The van der Waals surface area contributed by atoms with Crippen LogP contribution < -0.4 is 10.5 Å². The Balaban J connectivity index is 1.88. The van der Waals surface area contributed by atoms with Crippen LogP contribution in [-0.2, 0) is 0 Å². The van der Waals surface area contributed by atoms with E-state index in [0.717, 1.165) is 36.7 Å². The summed E-state index contributed by atoms with van der Waals surface area (Å²) in [7, 11) is 0. The molecule has 10 heteroatoms. The van der Waals surface area contributed by atoms with Gasteiger partial charge in [-0.05, 0) is 41.1 Å². The van der Waals surface area contributed by atoms with Crippen LogP contribution in [0.25, 0.3) is 0 Å². The van der Waals surface area contributed by atoms with Crippen LogP contribution in [0.4, 0.5) is 18.9 Å². The van der Waals surface area contributed by atoms with E-state index in [1.54, 1.807) is 4.68 Å². The Morgan fingerprint density at radius 2 is 2.14 bits per heavy atom. The molecule has 0 radical (unpaired) electrons. The molecule has 1 aliphatic rings. The van der Waals surface area contributed by atoms with Gasteiger partial charge in [-0.3, -0.25) is 0 Å². The maximum Gasteiger partial charge on any atom is 0.387 e. The number of anilines is 1. The SMILES string of the molecule is Nc1cc(F)c(OC(F)F)cc1Sc1nnnn1C1CC1. The van der Waals surface area contributed by atoms with Gasteiger partial charge in [0.25, 0.3) is 0 Å². The van der Waals surface area contributed by atoms with Gasteiger partial charge in [0.05, 0.1) is 6.04 Å². The van der Waals surface area contributed by atoms with Crippen LogP contribution in [0.15, 0.2) is 22.2 Å². The molecule has 21 heavy (non-hydrogen) atoms. The monoisotopic (exact) mass is 317 g/mol. The number of hydrogen-bond donors (Lipinski definition) is 1. The van der Waals surface area contributed by atoms with Crippen molar-refractivity contribution in [3.8, 4) is 5.75 Å². The van der Waals surface area contributed by atoms with E-state index < -0.39 is 18.2 Å². The number of benzene rings is 1. The number of tetrazole rings is 1. The fourth-order valence-corrected chi connectivity index (χ4v) is 2.62. The number of nitrogen functional groups attached to an aromatic ring is 1. The summed E-state index contributed by atoms with van der Waals surface area (Å²) in [5.74, 6) is -1.51. The Kier molecular flexibility index (Phi) is 3.62. The van der Waals surface area contributed by atoms with E-state index in [4.69, 9.17) is 5.73 Å². The number of hydrogen-bond acceptors (Lipinski definition) is 6. The molecule has 112 valence electrons. The smallest absolute Gasteiger partial charge is 0.387 e. The zero-order chi connectivity index (χ0) is 15.0. The average molecular weight is 317 g/mol. The fourth-order valence-electron chi connectivity index (χ4n) is 1.72. The predicted octanol–water partition coefficient (Wildman–Crippen LogP) is 2.48. The van der Waals surface area contributed by atoms with E-state index in [0.29, 0.717) is 10.1 Å². The van der Waals surface area contributed by atoms with Crippen molar-refractivity contribution in [3.63, 3.8) is 0 Å². The molecule has 3 rings (SSSR count). The lowest BCUT2D eigenvalue weighted by Crippen LogP contribution is -2.05. The highest BCUT2D eigenvalue weighted by Gasteiger charge is 2.28. The zero-order valence-corrected chi connectivity index (χ0v) is 11.4. The van der Waals surface area contributed by atoms with Gasteiger partial charge in [0.2, 0.25) is 5.16 Å².